The van der Waals surface area contributed by atoms with Gasteiger partial charge in [-0.05, 0) is 36.8 Å². The molecule has 6 heteroatoms. The van der Waals surface area contributed by atoms with Crippen LogP contribution >= 0.6 is 0 Å². The van der Waals surface area contributed by atoms with E-state index in [0.717, 1.165) is 22.3 Å². The van der Waals surface area contributed by atoms with Gasteiger partial charge in [0.1, 0.15) is 17.4 Å². The van der Waals surface area contributed by atoms with Crippen LogP contribution in [0, 0.1) is 12.3 Å². The number of imidazole rings is 1. The molecule has 1 aliphatic rings. The van der Waals surface area contributed by atoms with Crippen molar-refractivity contribution in [3.63, 3.8) is 0 Å². The summed E-state index contributed by atoms with van der Waals surface area (Å²) in [6.07, 6.45) is 1.73. The monoisotopic (exact) mass is 319 g/mol. The maximum Gasteiger partial charge on any atom is 0.145 e. The zero-order valence-corrected chi connectivity index (χ0v) is 13.2. The van der Waals surface area contributed by atoms with E-state index in [1.165, 1.54) is 0 Å². The van der Waals surface area contributed by atoms with Crippen LogP contribution in [0.4, 0.5) is 0 Å². The fourth-order valence-electron chi connectivity index (χ4n) is 2.95. The third-order valence-corrected chi connectivity index (χ3v) is 4.14. The van der Waals surface area contributed by atoms with Crippen LogP contribution < -0.4 is 0 Å². The van der Waals surface area contributed by atoms with Crippen LogP contribution in [0.1, 0.15) is 17.1 Å². The zero-order valence-electron chi connectivity index (χ0n) is 13.2. The molecule has 1 aromatic carbocycles. The summed E-state index contributed by atoms with van der Waals surface area (Å²) in [4.78, 5) is 13.8. The number of fused-ring (bicyclic) bond motifs is 1. The van der Waals surface area contributed by atoms with Crippen molar-refractivity contribution in [1.29, 1.82) is 5.41 Å². The number of aliphatic hydroxyl groups is 1. The van der Waals surface area contributed by atoms with E-state index >= 15 is 0 Å². The molecule has 24 heavy (non-hydrogen) atoms. The molecule has 0 unspecified atom stereocenters. The number of amidine groups is 1. The number of benzene rings is 1. The summed E-state index contributed by atoms with van der Waals surface area (Å²) in [5.41, 5.74) is 4.18. The maximum atomic E-state index is 10.4. The van der Waals surface area contributed by atoms with Crippen LogP contribution in [0.25, 0.3) is 16.6 Å². The van der Waals surface area contributed by atoms with Gasteiger partial charge in [-0.3, -0.25) is 10.4 Å². The van der Waals surface area contributed by atoms with Gasteiger partial charge in [-0.15, -0.1) is 0 Å². The number of aryl methyl sites for hydroxylation is 1. The van der Waals surface area contributed by atoms with Gasteiger partial charge in [0.15, 0.2) is 0 Å². The number of H-pyrrole nitrogens is 1. The molecular weight excluding hydrogens is 302 g/mol. The Morgan fingerprint density at radius 3 is 2.96 bits per heavy atom. The number of rotatable bonds is 3. The van der Waals surface area contributed by atoms with Crippen molar-refractivity contribution in [1.82, 2.24) is 19.9 Å². The molecule has 0 saturated heterocycles. The lowest BCUT2D eigenvalue weighted by atomic mass is 10.2. The van der Waals surface area contributed by atoms with E-state index in [0.29, 0.717) is 24.5 Å². The molecule has 120 valence electrons. The first-order valence-corrected chi connectivity index (χ1v) is 7.74. The number of pyridine rings is 1. The van der Waals surface area contributed by atoms with Gasteiger partial charge < -0.3 is 15.0 Å². The highest BCUT2D eigenvalue weighted by Gasteiger charge is 2.30. The van der Waals surface area contributed by atoms with Crippen LogP contribution in [0.3, 0.4) is 0 Å². The average molecular weight is 319 g/mol. The topological polar surface area (TPSA) is 88.9 Å². The second-order valence-electron chi connectivity index (χ2n) is 5.95. The minimum atomic E-state index is 0.159. The predicted octanol–water partition coefficient (Wildman–Crippen LogP) is 3.03. The molecule has 0 bridgehead atoms. The number of aliphatic hydroxyl groups excluding tert-OH is 1. The highest BCUT2D eigenvalue weighted by Crippen LogP contribution is 2.28. The smallest absolute Gasteiger partial charge is 0.145 e. The third kappa shape index (κ3) is 2.42. The predicted molar refractivity (Wildman–Crippen MR) is 92.8 cm³/mol. The quantitative estimate of drug-likeness (QED) is 0.692. The Labute approximate surface area is 139 Å². The van der Waals surface area contributed by atoms with Gasteiger partial charge in [0.25, 0.3) is 0 Å². The molecule has 3 N–H and O–H groups in total. The summed E-state index contributed by atoms with van der Waals surface area (Å²) >= 11 is 0. The van der Waals surface area contributed by atoms with E-state index in [1.807, 2.05) is 43.3 Å². The van der Waals surface area contributed by atoms with Gasteiger partial charge in [0, 0.05) is 6.20 Å². The van der Waals surface area contributed by atoms with Crippen molar-refractivity contribution in [2.75, 3.05) is 6.54 Å². The largest absolute Gasteiger partial charge is 0.510 e. The molecule has 6 nitrogen and oxygen atoms in total. The van der Waals surface area contributed by atoms with Crippen molar-refractivity contribution in [2.24, 2.45) is 0 Å². The minimum Gasteiger partial charge on any atom is -0.510 e. The van der Waals surface area contributed by atoms with Gasteiger partial charge in [-0.25, -0.2) is 4.98 Å². The lowest BCUT2D eigenvalue weighted by Crippen LogP contribution is -2.26. The summed E-state index contributed by atoms with van der Waals surface area (Å²) in [5.74, 6) is 0.947. The lowest BCUT2D eigenvalue weighted by molar-refractivity contribution is 0.345. The minimum absolute atomic E-state index is 0.159. The molecule has 0 atom stereocenters. The molecule has 1 aliphatic heterocycles. The highest BCUT2D eigenvalue weighted by atomic mass is 16.3. The standard InChI is InChI=1S/C18H17N5O/c1-11-5-6-13-14(8-11)22-18(21-13)16-15(24)10-23(17(16)19)9-12-4-2-3-7-20-12/h2-8,19,24H,9-10H2,1H3,(H,21,22). The summed E-state index contributed by atoms with van der Waals surface area (Å²) in [6.45, 7) is 2.79. The molecule has 0 saturated carbocycles. The number of nitrogens with zero attached hydrogens (tertiary/aromatic N) is 3. The van der Waals surface area contributed by atoms with Gasteiger partial charge in [-0.2, -0.15) is 0 Å². The molecule has 0 fully saturated rings. The normalized spacial score (nSPS) is 14.9. The van der Waals surface area contributed by atoms with Gasteiger partial charge in [-0.1, -0.05) is 12.1 Å². The first kappa shape index (κ1) is 14.4. The van der Waals surface area contributed by atoms with Crippen molar-refractivity contribution < 1.29 is 5.11 Å². The van der Waals surface area contributed by atoms with E-state index < -0.39 is 0 Å². The zero-order chi connectivity index (χ0) is 16.7. The maximum absolute atomic E-state index is 10.4. The van der Waals surface area contributed by atoms with Gasteiger partial charge in [0.05, 0.1) is 35.4 Å². The molecular formula is C18H17N5O. The van der Waals surface area contributed by atoms with E-state index in [4.69, 9.17) is 5.41 Å². The number of aromatic amines is 1. The second kappa shape index (κ2) is 5.49. The molecule has 0 spiro atoms. The van der Waals surface area contributed by atoms with Gasteiger partial charge >= 0.3 is 0 Å². The Kier molecular flexibility index (Phi) is 3.30. The fourth-order valence-corrected chi connectivity index (χ4v) is 2.95. The van der Waals surface area contributed by atoms with Crippen LogP contribution in [0.5, 0.6) is 0 Å². The van der Waals surface area contributed by atoms with Crippen LogP contribution in [0.15, 0.2) is 48.4 Å². The molecule has 0 radical (unpaired) electrons. The number of aromatic nitrogens is 3. The second-order valence-corrected chi connectivity index (χ2v) is 5.95. The SMILES string of the molecule is Cc1ccc2nc(C3=C(O)CN(Cc4ccccn4)C3=N)[nH]c2c1. The van der Waals surface area contributed by atoms with E-state index in [9.17, 15) is 5.11 Å². The van der Waals surface area contributed by atoms with Crippen molar-refractivity contribution in [2.45, 2.75) is 13.5 Å². The van der Waals surface area contributed by atoms with Crippen LogP contribution in [0.2, 0.25) is 0 Å². The van der Waals surface area contributed by atoms with E-state index in [-0.39, 0.29) is 11.6 Å². The highest BCUT2D eigenvalue weighted by molar-refractivity contribution is 6.23. The van der Waals surface area contributed by atoms with Crippen LogP contribution in [-0.2, 0) is 6.54 Å². The van der Waals surface area contributed by atoms with Gasteiger partial charge in [0.2, 0.25) is 0 Å². The Balaban J connectivity index is 1.64. The summed E-state index contributed by atoms with van der Waals surface area (Å²) in [5, 5.41) is 18.8. The Bertz CT molecular complexity index is 958. The first-order chi connectivity index (χ1) is 11.6. The summed E-state index contributed by atoms with van der Waals surface area (Å²) in [6, 6.07) is 11.6. The first-order valence-electron chi connectivity index (χ1n) is 7.74. The van der Waals surface area contributed by atoms with Crippen molar-refractivity contribution >= 4 is 22.4 Å². The molecule has 3 heterocycles. The number of hydrogen-bond donors (Lipinski definition) is 3. The van der Waals surface area contributed by atoms with E-state index in [2.05, 4.69) is 15.0 Å². The molecule has 2 aromatic heterocycles. The number of hydrogen-bond acceptors (Lipinski definition) is 4. The van der Waals surface area contributed by atoms with Crippen molar-refractivity contribution in [3.8, 4) is 0 Å². The van der Waals surface area contributed by atoms with Crippen molar-refractivity contribution in [3.05, 3.63) is 65.4 Å². The molecule has 0 aliphatic carbocycles. The molecule has 0 amide bonds. The molecule has 3 aromatic rings. The van der Waals surface area contributed by atoms with E-state index in [1.54, 1.807) is 11.1 Å². The Morgan fingerprint density at radius 2 is 2.17 bits per heavy atom. The number of nitrogens with one attached hydrogen (secondary N) is 2. The van der Waals surface area contributed by atoms with Crippen LogP contribution in [-0.4, -0.2) is 37.3 Å². The fraction of sp³-hybridized carbons (Fsp3) is 0.167. The molecule has 4 rings (SSSR count). The Hall–Kier alpha value is -3.15. The third-order valence-electron chi connectivity index (χ3n) is 4.14. The summed E-state index contributed by atoms with van der Waals surface area (Å²) in [7, 11) is 0. The lowest BCUT2D eigenvalue weighted by Gasteiger charge is -2.17. The average Bonchev–Trinajstić information content (AvgIpc) is 3.08. The summed E-state index contributed by atoms with van der Waals surface area (Å²) < 4.78 is 0. The Morgan fingerprint density at radius 1 is 1.29 bits per heavy atom.